The Kier molecular flexibility index (Phi) is 43.3. The normalized spacial score (nSPS) is 19.0. The van der Waals surface area contributed by atoms with Crippen molar-refractivity contribution in [2.75, 3.05) is 13.2 Å². The standard InChI is InChI=1S/C59H98O12/c1-4-7-10-13-16-19-22-24-26-28-31-33-36-39-42-45-51(60)67-48-50(69-52(61)46-43-40-37-34-30-21-18-15-12-9-6-3)49-68-59-57(55(64)54(63)56(71-59)58(65)66)70-53(62)47-44-41-38-35-32-29-27-25-23-20-17-14-11-8-5-2/h7-8,10-11,16-17,19-20,24-27,50,54-57,59,63-64H,4-6,9,12-15,18,21-23,28-49H2,1-3H3,(H,65,66)/b10-7-,11-8-,19-16-,20-17-,26-24-,27-25-. The summed E-state index contributed by atoms with van der Waals surface area (Å²) < 4.78 is 28.3. The van der Waals surface area contributed by atoms with Gasteiger partial charge in [0.15, 0.2) is 24.6 Å². The quantitative estimate of drug-likeness (QED) is 0.0228. The Morgan fingerprint density at radius 2 is 0.887 bits per heavy atom. The fourth-order valence-corrected chi connectivity index (χ4v) is 8.04. The monoisotopic (exact) mass is 999 g/mol. The van der Waals surface area contributed by atoms with E-state index in [9.17, 15) is 34.5 Å². The molecule has 71 heavy (non-hydrogen) atoms. The van der Waals surface area contributed by atoms with E-state index in [1.54, 1.807) is 0 Å². The maximum atomic E-state index is 13.1. The number of unbranched alkanes of at least 4 members (excludes halogenated alkanes) is 20. The number of carbonyl (C=O) groups is 4. The second-order valence-electron chi connectivity index (χ2n) is 18.8. The van der Waals surface area contributed by atoms with Crippen LogP contribution in [0.3, 0.4) is 0 Å². The zero-order valence-electron chi connectivity index (χ0n) is 44.4. The van der Waals surface area contributed by atoms with Crippen LogP contribution in [0.25, 0.3) is 0 Å². The first-order valence-electron chi connectivity index (χ1n) is 27.9. The third kappa shape index (κ3) is 37.6. The van der Waals surface area contributed by atoms with Gasteiger partial charge in [-0.05, 0) is 83.5 Å². The van der Waals surface area contributed by atoms with Gasteiger partial charge in [0.1, 0.15) is 18.8 Å². The first kappa shape index (κ1) is 65.2. The summed E-state index contributed by atoms with van der Waals surface area (Å²) in [4.78, 5) is 51.0. The highest BCUT2D eigenvalue weighted by atomic mass is 16.7. The van der Waals surface area contributed by atoms with Crippen molar-refractivity contribution in [2.24, 2.45) is 0 Å². The van der Waals surface area contributed by atoms with Crippen molar-refractivity contribution in [1.82, 2.24) is 0 Å². The van der Waals surface area contributed by atoms with Crippen molar-refractivity contribution in [1.29, 1.82) is 0 Å². The van der Waals surface area contributed by atoms with Gasteiger partial charge in [0.05, 0.1) is 6.61 Å². The molecule has 0 aromatic heterocycles. The Morgan fingerprint density at radius 3 is 1.35 bits per heavy atom. The van der Waals surface area contributed by atoms with E-state index in [1.807, 2.05) is 0 Å². The number of aliphatic hydroxyl groups is 2. The number of esters is 3. The molecule has 1 heterocycles. The lowest BCUT2D eigenvalue weighted by molar-refractivity contribution is -0.301. The van der Waals surface area contributed by atoms with Gasteiger partial charge in [0.2, 0.25) is 0 Å². The summed E-state index contributed by atoms with van der Waals surface area (Å²) >= 11 is 0. The van der Waals surface area contributed by atoms with Crippen molar-refractivity contribution in [3.8, 4) is 0 Å². The van der Waals surface area contributed by atoms with Crippen LogP contribution in [0.2, 0.25) is 0 Å². The van der Waals surface area contributed by atoms with Crippen LogP contribution in [0.1, 0.15) is 226 Å². The molecule has 12 heteroatoms. The highest BCUT2D eigenvalue weighted by Crippen LogP contribution is 2.26. The van der Waals surface area contributed by atoms with Crippen LogP contribution >= 0.6 is 0 Å². The van der Waals surface area contributed by atoms with E-state index in [0.717, 1.165) is 122 Å². The van der Waals surface area contributed by atoms with Crippen molar-refractivity contribution >= 4 is 23.9 Å². The highest BCUT2D eigenvalue weighted by Gasteiger charge is 2.50. The number of carbonyl (C=O) groups excluding carboxylic acids is 3. The number of carboxylic acid groups (broad SMARTS) is 1. The average Bonchev–Trinajstić information content (AvgIpc) is 3.35. The lowest BCUT2D eigenvalue weighted by atomic mass is 9.98. The molecule has 1 fully saturated rings. The first-order chi connectivity index (χ1) is 34.6. The lowest BCUT2D eigenvalue weighted by Gasteiger charge is -2.40. The molecule has 12 nitrogen and oxygen atoms in total. The van der Waals surface area contributed by atoms with Crippen LogP contribution in [0.4, 0.5) is 0 Å². The summed E-state index contributed by atoms with van der Waals surface area (Å²) in [7, 11) is 0. The summed E-state index contributed by atoms with van der Waals surface area (Å²) in [6, 6.07) is 0. The van der Waals surface area contributed by atoms with Gasteiger partial charge < -0.3 is 39.0 Å². The predicted octanol–water partition coefficient (Wildman–Crippen LogP) is 13.8. The molecular weight excluding hydrogens is 901 g/mol. The van der Waals surface area contributed by atoms with Crippen molar-refractivity contribution in [3.63, 3.8) is 0 Å². The summed E-state index contributed by atoms with van der Waals surface area (Å²) in [5.74, 6) is -3.16. The Hall–Kier alpha value is -3.84. The molecule has 406 valence electrons. The molecule has 6 atom stereocenters. The van der Waals surface area contributed by atoms with Crippen LogP contribution in [0.15, 0.2) is 72.9 Å². The number of aliphatic hydroxyl groups excluding tert-OH is 2. The van der Waals surface area contributed by atoms with Crippen LogP contribution in [-0.4, -0.2) is 89.2 Å². The molecule has 1 aliphatic rings. The summed E-state index contributed by atoms with van der Waals surface area (Å²) in [5.41, 5.74) is 0. The second kappa shape index (κ2) is 47.2. The Bertz CT molecular complexity index is 1510. The Balaban J connectivity index is 2.72. The van der Waals surface area contributed by atoms with Gasteiger partial charge in [-0.2, -0.15) is 0 Å². The van der Waals surface area contributed by atoms with E-state index in [4.69, 9.17) is 23.7 Å². The molecule has 0 saturated carbocycles. The second-order valence-corrected chi connectivity index (χ2v) is 18.8. The first-order valence-corrected chi connectivity index (χ1v) is 27.9. The minimum Gasteiger partial charge on any atom is -0.479 e. The van der Waals surface area contributed by atoms with Crippen LogP contribution in [0, 0.1) is 0 Å². The number of hydrogen-bond donors (Lipinski definition) is 3. The summed E-state index contributed by atoms with van der Waals surface area (Å²) in [6.45, 7) is 5.72. The molecule has 0 bridgehead atoms. The molecule has 1 rings (SSSR count). The summed E-state index contributed by atoms with van der Waals surface area (Å²) in [6.07, 6.45) is 45.9. The highest BCUT2D eigenvalue weighted by molar-refractivity contribution is 5.74. The van der Waals surface area contributed by atoms with Gasteiger partial charge in [0.25, 0.3) is 0 Å². The molecule has 0 aromatic carbocycles. The van der Waals surface area contributed by atoms with Crippen LogP contribution in [0.5, 0.6) is 0 Å². The molecule has 3 N–H and O–H groups in total. The van der Waals surface area contributed by atoms with Crippen molar-refractivity contribution in [3.05, 3.63) is 72.9 Å². The number of aliphatic carboxylic acids is 1. The van der Waals surface area contributed by atoms with E-state index >= 15 is 0 Å². The van der Waals surface area contributed by atoms with E-state index in [-0.39, 0.29) is 25.9 Å². The van der Waals surface area contributed by atoms with Gasteiger partial charge in [-0.25, -0.2) is 4.79 Å². The van der Waals surface area contributed by atoms with Crippen LogP contribution < -0.4 is 0 Å². The zero-order valence-corrected chi connectivity index (χ0v) is 44.4. The predicted molar refractivity (Wildman–Crippen MR) is 285 cm³/mol. The smallest absolute Gasteiger partial charge is 0.335 e. The van der Waals surface area contributed by atoms with E-state index in [0.29, 0.717) is 19.3 Å². The fraction of sp³-hybridized carbons (Fsp3) is 0.729. The minimum absolute atomic E-state index is 0.0382. The topological polar surface area (TPSA) is 175 Å². The molecule has 0 aliphatic carbocycles. The number of ether oxygens (including phenoxy) is 5. The Labute approximate surface area is 429 Å². The van der Waals surface area contributed by atoms with E-state index in [1.165, 1.54) is 44.9 Å². The van der Waals surface area contributed by atoms with Crippen molar-refractivity contribution < 1.29 is 58.2 Å². The zero-order chi connectivity index (χ0) is 51.8. The van der Waals surface area contributed by atoms with E-state index < -0.39 is 67.3 Å². The maximum absolute atomic E-state index is 13.1. The maximum Gasteiger partial charge on any atom is 0.335 e. The number of carboxylic acids is 1. The largest absolute Gasteiger partial charge is 0.479 e. The number of hydrogen-bond acceptors (Lipinski definition) is 11. The van der Waals surface area contributed by atoms with Crippen molar-refractivity contribution in [2.45, 2.75) is 263 Å². The summed E-state index contributed by atoms with van der Waals surface area (Å²) in [5, 5.41) is 31.4. The molecule has 0 amide bonds. The molecule has 0 aromatic rings. The SMILES string of the molecule is CC/C=C\C/C=C\C/C=C\CCCCCCCC(=O)OCC(COC1OC(C(=O)O)C(O)C(O)C1OC(=O)CCCCCCC/C=C\C/C=C\C/C=C\CC)OC(=O)CCCCCCCCCCCCC. The molecule has 0 spiro atoms. The fourth-order valence-electron chi connectivity index (χ4n) is 8.04. The molecule has 1 aliphatic heterocycles. The minimum atomic E-state index is -1.91. The third-order valence-electron chi connectivity index (χ3n) is 12.3. The van der Waals surface area contributed by atoms with Gasteiger partial charge in [-0.15, -0.1) is 0 Å². The average molecular weight is 999 g/mol. The van der Waals surface area contributed by atoms with Gasteiger partial charge in [-0.1, -0.05) is 196 Å². The van der Waals surface area contributed by atoms with Crippen LogP contribution in [-0.2, 0) is 42.9 Å². The van der Waals surface area contributed by atoms with Gasteiger partial charge in [-0.3, -0.25) is 14.4 Å². The number of allylic oxidation sites excluding steroid dienone is 12. The lowest BCUT2D eigenvalue weighted by Crippen LogP contribution is -2.61. The number of rotatable bonds is 46. The molecular formula is C59H98O12. The molecule has 0 radical (unpaired) electrons. The van der Waals surface area contributed by atoms with Gasteiger partial charge >= 0.3 is 23.9 Å². The molecule has 1 saturated heterocycles. The van der Waals surface area contributed by atoms with E-state index in [2.05, 4.69) is 93.7 Å². The van der Waals surface area contributed by atoms with Gasteiger partial charge in [0, 0.05) is 19.3 Å². The third-order valence-corrected chi connectivity index (χ3v) is 12.3. The molecule has 6 unspecified atom stereocenters. The Morgan fingerprint density at radius 1 is 0.479 bits per heavy atom.